The number of carbonyl (C=O) groups excluding carboxylic acids is 1. The van der Waals surface area contributed by atoms with Crippen molar-refractivity contribution < 1.29 is 14.3 Å². The van der Waals surface area contributed by atoms with Crippen molar-refractivity contribution in [3.63, 3.8) is 0 Å². The fraction of sp³-hybridized carbons (Fsp3) is 0.462. The fourth-order valence-corrected chi connectivity index (χ4v) is 2.17. The van der Waals surface area contributed by atoms with Gasteiger partial charge in [0.1, 0.15) is 0 Å². The lowest BCUT2D eigenvalue weighted by Gasteiger charge is -2.13. The Balaban J connectivity index is 2.64. The van der Waals surface area contributed by atoms with E-state index in [1.165, 1.54) is 0 Å². The van der Waals surface area contributed by atoms with Crippen molar-refractivity contribution in [3.05, 3.63) is 22.2 Å². The summed E-state index contributed by atoms with van der Waals surface area (Å²) in [6.07, 6.45) is 1.09. The van der Waals surface area contributed by atoms with Crippen molar-refractivity contribution in [1.82, 2.24) is 5.32 Å². The van der Waals surface area contributed by atoms with Crippen LogP contribution in [0.5, 0.6) is 11.5 Å². The lowest BCUT2D eigenvalue weighted by atomic mass is 10.2. The number of methoxy groups -OCH3 is 1. The minimum absolute atomic E-state index is 0.00751. The standard InChI is InChI=1S/C13H19BrN2O3/c1-16-12(17)4-3-5-19-13-10(14)6-9(8-15)7-11(13)18-2/h6-7H,3-5,8,15H2,1-2H3,(H,16,17). The quantitative estimate of drug-likeness (QED) is 0.748. The first-order valence-corrected chi connectivity index (χ1v) is 6.81. The average Bonchev–Trinajstić information content (AvgIpc) is 2.43. The molecule has 0 radical (unpaired) electrons. The second kappa shape index (κ2) is 8.01. The molecule has 0 heterocycles. The van der Waals surface area contributed by atoms with Gasteiger partial charge < -0.3 is 20.5 Å². The first-order chi connectivity index (χ1) is 9.12. The smallest absolute Gasteiger partial charge is 0.219 e. The number of rotatable bonds is 7. The Hall–Kier alpha value is -1.27. The van der Waals surface area contributed by atoms with Crippen LogP contribution in [0.15, 0.2) is 16.6 Å². The van der Waals surface area contributed by atoms with Crippen LogP contribution < -0.4 is 20.5 Å². The van der Waals surface area contributed by atoms with Gasteiger partial charge in [0.05, 0.1) is 18.2 Å². The highest BCUT2D eigenvalue weighted by Crippen LogP contribution is 2.36. The molecule has 0 atom stereocenters. The van der Waals surface area contributed by atoms with Crippen molar-refractivity contribution in [2.24, 2.45) is 5.73 Å². The maximum absolute atomic E-state index is 11.1. The van der Waals surface area contributed by atoms with Crippen LogP contribution in [0.4, 0.5) is 0 Å². The van der Waals surface area contributed by atoms with E-state index >= 15 is 0 Å². The zero-order chi connectivity index (χ0) is 14.3. The van der Waals surface area contributed by atoms with E-state index in [2.05, 4.69) is 21.2 Å². The van der Waals surface area contributed by atoms with Gasteiger partial charge in [-0.15, -0.1) is 0 Å². The monoisotopic (exact) mass is 330 g/mol. The molecule has 0 bridgehead atoms. The first-order valence-electron chi connectivity index (χ1n) is 6.02. The van der Waals surface area contributed by atoms with Gasteiger partial charge in [0.15, 0.2) is 11.5 Å². The third kappa shape index (κ3) is 4.72. The molecule has 0 saturated heterocycles. The second-order valence-corrected chi connectivity index (χ2v) is 4.79. The van der Waals surface area contributed by atoms with Crippen LogP contribution in [0.3, 0.4) is 0 Å². The van der Waals surface area contributed by atoms with E-state index < -0.39 is 0 Å². The van der Waals surface area contributed by atoms with Gasteiger partial charge in [0.2, 0.25) is 5.91 Å². The molecule has 0 fully saturated rings. The number of carbonyl (C=O) groups is 1. The molecule has 0 aliphatic rings. The molecule has 0 unspecified atom stereocenters. The Morgan fingerprint density at radius 3 is 2.79 bits per heavy atom. The minimum Gasteiger partial charge on any atom is -0.493 e. The highest BCUT2D eigenvalue weighted by molar-refractivity contribution is 9.10. The van der Waals surface area contributed by atoms with E-state index in [-0.39, 0.29) is 5.91 Å². The van der Waals surface area contributed by atoms with Crippen molar-refractivity contribution >= 4 is 21.8 Å². The highest BCUT2D eigenvalue weighted by atomic mass is 79.9. The minimum atomic E-state index is 0.00751. The average molecular weight is 331 g/mol. The summed E-state index contributed by atoms with van der Waals surface area (Å²) in [5.41, 5.74) is 6.56. The fourth-order valence-electron chi connectivity index (χ4n) is 1.56. The molecule has 19 heavy (non-hydrogen) atoms. The van der Waals surface area contributed by atoms with Gasteiger partial charge in [-0.05, 0) is 40.0 Å². The summed E-state index contributed by atoms with van der Waals surface area (Å²) in [5, 5.41) is 2.57. The van der Waals surface area contributed by atoms with Gasteiger partial charge in [-0.25, -0.2) is 0 Å². The Morgan fingerprint density at radius 1 is 1.47 bits per heavy atom. The lowest BCUT2D eigenvalue weighted by molar-refractivity contribution is -0.120. The van der Waals surface area contributed by atoms with Gasteiger partial charge in [0, 0.05) is 20.0 Å². The summed E-state index contributed by atoms with van der Waals surface area (Å²) in [4.78, 5) is 11.1. The number of amides is 1. The van der Waals surface area contributed by atoms with Crippen LogP contribution >= 0.6 is 15.9 Å². The molecule has 3 N–H and O–H groups in total. The van der Waals surface area contributed by atoms with Crippen molar-refractivity contribution in [3.8, 4) is 11.5 Å². The summed E-state index contributed by atoms with van der Waals surface area (Å²) in [5.74, 6) is 1.28. The maximum Gasteiger partial charge on any atom is 0.219 e. The SMILES string of the molecule is CNC(=O)CCCOc1c(Br)cc(CN)cc1OC. The van der Waals surface area contributed by atoms with Crippen molar-refractivity contribution in [1.29, 1.82) is 0 Å². The van der Waals surface area contributed by atoms with Crippen LogP contribution in [0, 0.1) is 0 Å². The van der Waals surface area contributed by atoms with Gasteiger partial charge in [0.25, 0.3) is 0 Å². The second-order valence-electron chi connectivity index (χ2n) is 3.94. The molecule has 0 aliphatic carbocycles. The Labute approximate surface area is 121 Å². The summed E-state index contributed by atoms with van der Waals surface area (Å²) in [7, 11) is 3.20. The van der Waals surface area contributed by atoms with Gasteiger partial charge >= 0.3 is 0 Å². The molecule has 0 aliphatic heterocycles. The van der Waals surface area contributed by atoms with Gasteiger partial charge in [-0.3, -0.25) is 4.79 Å². The summed E-state index contributed by atoms with van der Waals surface area (Å²) in [6.45, 7) is 0.885. The molecule has 0 spiro atoms. The van der Waals surface area contributed by atoms with Crippen LogP contribution in [0.2, 0.25) is 0 Å². The molecular weight excluding hydrogens is 312 g/mol. The lowest BCUT2D eigenvalue weighted by Crippen LogP contribution is -2.18. The normalized spacial score (nSPS) is 10.1. The zero-order valence-corrected chi connectivity index (χ0v) is 12.7. The Morgan fingerprint density at radius 2 is 2.21 bits per heavy atom. The van der Waals surface area contributed by atoms with E-state index in [9.17, 15) is 4.79 Å². The molecule has 6 heteroatoms. The topological polar surface area (TPSA) is 73.6 Å². The summed E-state index contributed by atoms with van der Waals surface area (Å²) >= 11 is 3.43. The number of ether oxygens (including phenoxy) is 2. The number of hydrogen-bond donors (Lipinski definition) is 2. The molecule has 5 nitrogen and oxygen atoms in total. The third-order valence-corrected chi connectivity index (χ3v) is 3.19. The van der Waals surface area contributed by atoms with E-state index in [0.717, 1.165) is 10.0 Å². The molecule has 106 valence electrons. The number of halogens is 1. The van der Waals surface area contributed by atoms with Crippen LogP contribution in [0.25, 0.3) is 0 Å². The molecular formula is C13H19BrN2O3. The van der Waals surface area contributed by atoms with E-state index in [4.69, 9.17) is 15.2 Å². The number of hydrogen-bond acceptors (Lipinski definition) is 4. The first kappa shape index (κ1) is 15.8. The number of nitrogens with one attached hydrogen (secondary N) is 1. The largest absolute Gasteiger partial charge is 0.493 e. The van der Waals surface area contributed by atoms with E-state index in [0.29, 0.717) is 37.5 Å². The molecule has 1 rings (SSSR count). The van der Waals surface area contributed by atoms with E-state index in [1.54, 1.807) is 14.2 Å². The van der Waals surface area contributed by atoms with Crippen molar-refractivity contribution in [2.75, 3.05) is 20.8 Å². The molecule has 1 aromatic rings. The van der Waals surface area contributed by atoms with Crippen LogP contribution in [-0.2, 0) is 11.3 Å². The summed E-state index contributed by atoms with van der Waals surface area (Å²) < 4.78 is 11.7. The summed E-state index contributed by atoms with van der Waals surface area (Å²) in [6, 6.07) is 3.75. The zero-order valence-electron chi connectivity index (χ0n) is 11.2. The van der Waals surface area contributed by atoms with Crippen LogP contribution in [0.1, 0.15) is 18.4 Å². The molecule has 0 saturated carbocycles. The van der Waals surface area contributed by atoms with Crippen LogP contribution in [-0.4, -0.2) is 26.7 Å². The van der Waals surface area contributed by atoms with Gasteiger partial charge in [-0.2, -0.15) is 0 Å². The number of benzene rings is 1. The van der Waals surface area contributed by atoms with Crippen molar-refractivity contribution in [2.45, 2.75) is 19.4 Å². The Bertz CT molecular complexity index is 438. The molecule has 1 aromatic carbocycles. The molecule has 0 aromatic heterocycles. The van der Waals surface area contributed by atoms with E-state index in [1.807, 2.05) is 12.1 Å². The predicted octanol–water partition coefficient (Wildman–Crippen LogP) is 1.82. The third-order valence-electron chi connectivity index (χ3n) is 2.60. The number of nitrogens with two attached hydrogens (primary N) is 1. The maximum atomic E-state index is 11.1. The molecule has 1 amide bonds. The van der Waals surface area contributed by atoms with Gasteiger partial charge in [-0.1, -0.05) is 0 Å². The predicted molar refractivity (Wildman–Crippen MR) is 77.4 cm³/mol. The highest BCUT2D eigenvalue weighted by Gasteiger charge is 2.11. The Kier molecular flexibility index (Phi) is 6.66.